The van der Waals surface area contributed by atoms with Gasteiger partial charge in [-0.1, -0.05) is 0 Å². The number of carbonyl (C=O) groups is 1. The number of carbonyl (C=O) groups excluding carboxylic acids is 1. The third-order valence-corrected chi connectivity index (χ3v) is 1.97. The summed E-state index contributed by atoms with van der Waals surface area (Å²) in [6.45, 7) is 5.74. The van der Waals surface area contributed by atoms with E-state index in [0.717, 1.165) is 0 Å². The monoisotopic (exact) mass is 207 g/mol. The van der Waals surface area contributed by atoms with Crippen LogP contribution >= 0.6 is 0 Å². The molecule has 0 bridgehead atoms. The van der Waals surface area contributed by atoms with Gasteiger partial charge in [-0.15, -0.1) is 0 Å². The first kappa shape index (κ1) is 11.6. The topological polar surface area (TPSA) is 35.5 Å². The van der Waals surface area contributed by atoms with Gasteiger partial charge in [-0.25, -0.2) is 0 Å². The lowest BCUT2D eigenvalue weighted by atomic mass is 10.1. The molecule has 1 aromatic rings. The Kier molecular flexibility index (Phi) is 4.16. The maximum absolute atomic E-state index is 11.1. The van der Waals surface area contributed by atoms with Crippen LogP contribution in [0.5, 0.6) is 11.5 Å². The standard InChI is InChI=1S/C12H15O3/c1-4-7-15-11-6-5-10(9(2)13)8-12(11)14-3/h5-6,8H,1,4,7H2,2-3H3. The Labute approximate surface area is 90.0 Å². The average molecular weight is 207 g/mol. The van der Waals surface area contributed by atoms with Crippen molar-refractivity contribution in [1.82, 2.24) is 0 Å². The summed E-state index contributed by atoms with van der Waals surface area (Å²) in [5, 5.41) is 0. The third-order valence-electron chi connectivity index (χ3n) is 1.97. The van der Waals surface area contributed by atoms with Crippen molar-refractivity contribution in [1.29, 1.82) is 0 Å². The van der Waals surface area contributed by atoms with Crippen LogP contribution < -0.4 is 9.47 Å². The first-order chi connectivity index (χ1) is 7.19. The van der Waals surface area contributed by atoms with E-state index in [1.54, 1.807) is 25.3 Å². The summed E-state index contributed by atoms with van der Waals surface area (Å²) in [6.07, 6.45) is 0.692. The molecular formula is C12H15O3. The number of Topliss-reactive ketones (excluding diaryl/α,β-unsaturated/α-hetero) is 1. The number of hydrogen-bond donors (Lipinski definition) is 0. The number of ether oxygens (including phenoxy) is 2. The van der Waals surface area contributed by atoms with Crippen LogP contribution in [0.4, 0.5) is 0 Å². The van der Waals surface area contributed by atoms with E-state index >= 15 is 0 Å². The van der Waals surface area contributed by atoms with Crippen LogP contribution in [0.2, 0.25) is 0 Å². The van der Waals surface area contributed by atoms with E-state index in [0.29, 0.717) is 30.1 Å². The largest absolute Gasteiger partial charge is 0.493 e. The molecule has 0 fully saturated rings. The van der Waals surface area contributed by atoms with Crippen molar-refractivity contribution >= 4 is 5.78 Å². The van der Waals surface area contributed by atoms with Crippen molar-refractivity contribution in [3.8, 4) is 11.5 Å². The van der Waals surface area contributed by atoms with Gasteiger partial charge in [0.25, 0.3) is 0 Å². The Morgan fingerprint density at radius 1 is 1.40 bits per heavy atom. The van der Waals surface area contributed by atoms with Gasteiger partial charge in [-0.2, -0.15) is 0 Å². The Morgan fingerprint density at radius 3 is 2.67 bits per heavy atom. The van der Waals surface area contributed by atoms with Gasteiger partial charge in [0, 0.05) is 5.56 Å². The average Bonchev–Trinajstić information content (AvgIpc) is 2.25. The number of methoxy groups -OCH3 is 1. The van der Waals surface area contributed by atoms with Crippen molar-refractivity contribution in [3.05, 3.63) is 30.7 Å². The smallest absolute Gasteiger partial charge is 0.161 e. The van der Waals surface area contributed by atoms with Gasteiger partial charge < -0.3 is 9.47 Å². The fourth-order valence-electron chi connectivity index (χ4n) is 1.19. The molecule has 0 saturated carbocycles. The SMILES string of the molecule is [CH2]CCOc1ccc(C(C)=O)cc1OC. The van der Waals surface area contributed by atoms with Gasteiger partial charge in [0.15, 0.2) is 17.3 Å². The van der Waals surface area contributed by atoms with Gasteiger partial charge in [0.2, 0.25) is 0 Å². The molecular weight excluding hydrogens is 192 g/mol. The predicted molar refractivity (Wildman–Crippen MR) is 58.5 cm³/mol. The van der Waals surface area contributed by atoms with E-state index in [2.05, 4.69) is 6.92 Å². The minimum absolute atomic E-state index is 0.0111. The molecule has 0 amide bonds. The van der Waals surface area contributed by atoms with E-state index in [1.807, 2.05) is 0 Å². The Balaban J connectivity index is 2.93. The highest BCUT2D eigenvalue weighted by molar-refractivity contribution is 5.94. The summed E-state index contributed by atoms with van der Waals surface area (Å²) in [5.41, 5.74) is 0.619. The van der Waals surface area contributed by atoms with E-state index in [1.165, 1.54) is 6.92 Å². The van der Waals surface area contributed by atoms with E-state index < -0.39 is 0 Å². The van der Waals surface area contributed by atoms with Gasteiger partial charge in [-0.3, -0.25) is 4.79 Å². The maximum atomic E-state index is 11.1. The number of benzene rings is 1. The van der Waals surface area contributed by atoms with E-state index in [4.69, 9.17) is 9.47 Å². The highest BCUT2D eigenvalue weighted by Crippen LogP contribution is 2.28. The molecule has 0 heterocycles. The third kappa shape index (κ3) is 2.98. The molecule has 0 aliphatic rings. The summed E-state index contributed by atoms with van der Waals surface area (Å²) < 4.78 is 10.5. The van der Waals surface area contributed by atoms with Crippen LogP contribution in [-0.2, 0) is 0 Å². The molecule has 81 valence electrons. The lowest BCUT2D eigenvalue weighted by Crippen LogP contribution is -2.00. The van der Waals surface area contributed by atoms with Crippen LogP contribution in [-0.4, -0.2) is 19.5 Å². The molecule has 0 saturated heterocycles. The second-order valence-electron chi connectivity index (χ2n) is 3.12. The molecule has 3 nitrogen and oxygen atoms in total. The van der Waals surface area contributed by atoms with Crippen molar-refractivity contribution < 1.29 is 14.3 Å². The lowest BCUT2D eigenvalue weighted by molar-refractivity contribution is 0.101. The molecule has 0 aromatic heterocycles. The van der Waals surface area contributed by atoms with Gasteiger partial charge in [0.05, 0.1) is 13.7 Å². The zero-order valence-corrected chi connectivity index (χ0v) is 9.08. The summed E-state index contributed by atoms with van der Waals surface area (Å²) >= 11 is 0. The molecule has 0 spiro atoms. The fraction of sp³-hybridized carbons (Fsp3) is 0.333. The van der Waals surface area contributed by atoms with Crippen LogP contribution in [0, 0.1) is 6.92 Å². The van der Waals surface area contributed by atoms with E-state index in [-0.39, 0.29) is 5.78 Å². The van der Waals surface area contributed by atoms with Crippen LogP contribution in [0.25, 0.3) is 0 Å². The second kappa shape index (κ2) is 5.39. The van der Waals surface area contributed by atoms with E-state index in [9.17, 15) is 4.79 Å². The fourth-order valence-corrected chi connectivity index (χ4v) is 1.19. The van der Waals surface area contributed by atoms with Crippen molar-refractivity contribution in [2.75, 3.05) is 13.7 Å². The highest BCUT2D eigenvalue weighted by Gasteiger charge is 2.07. The summed E-state index contributed by atoms with van der Waals surface area (Å²) in [6, 6.07) is 5.15. The minimum Gasteiger partial charge on any atom is -0.493 e. The number of ketones is 1. The van der Waals surface area contributed by atoms with Gasteiger partial charge >= 0.3 is 0 Å². The summed E-state index contributed by atoms with van der Waals surface area (Å²) in [4.78, 5) is 11.1. The summed E-state index contributed by atoms with van der Waals surface area (Å²) in [5.74, 6) is 1.24. The molecule has 0 N–H and O–H groups in total. The molecule has 15 heavy (non-hydrogen) atoms. The predicted octanol–water partition coefficient (Wildman–Crippen LogP) is 2.50. The quantitative estimate of drug-likeness (QED) is 0.696. The van der Waals surface area contributed by atoms with Crippen LogP contribution in [0.3, 0.4) is 0 Å². The molecule has 1 rings (SSSR count). The zero-order chi connectivity index (χ0) is 11.3. The van der Waals surface area contributed by atoms with Crippen LogP contribution in [0.15, 0.2) is 18.2 Å². The van der Waals surface area contributed by atoms with Crippen molar-refractivity contribution in [3.63, 3.8) is 0 Å². The molecule has 0 atom stereocenters. The number of rotatable bonds is 5. The number of hydrogen-bond acceptors (Lipinski definition) is 3. The maximum Gasteiger partial charge on any atom is 0.161 e. The zero-order valence-electron chi connectivity index (χ0n) is 9.08. The summed E-state index contributed by atoms with van der Waals surface area (Å²) in [7, 11) is 1.55. The first-order valence-electron chi connectivity index (χ1n) is 4.80. The Morgan fingerprint density at radius 2 is 2.13 bits per heavy atom. The van der Waals surface area contributed by atoms with Gasteiger partial charge in [-0.05, 0) is 38.5 Å². The molecule has 0 aliphatic carbocycles. The Hall–Kier alpha value is -1.51. The lowest BCUT2D eigenvalue weighted by Gasteiger charge is -2.10. The Bertz CT molecular complexity index is 345. The molecule has 1 radical (unpaired) electrons. The van der Waals surface area contributed by atoms with Crippen molar-refractivity contribution in [2.24, 2.45) is 0 Å². The molecule has 0 unspecified atom stereocenters. The normalized spacial score (nSPS) is 9.80. The second-order valence-corrected chi connectivity index (χ2v) is 3.12. The molecule has 3 heteroatoms. The molecule has 0 aliphatic heterocycles. The highest BCUT2D eigenvalue weighted by atomic mass is 16.5. The minimum atomic E-state index is 0.0111. The van der Waals surface area contributed by atoms with Crippen molar-refractivity contribution in [2.45, 2.75) is 13.3 Å². The first-order valence-corrected chi connectivity index (χ1v) is 4.80. The van der Waals surface area contributed by atoms with Crippen LogP contribution in [0.1, 0.15) is 23.7 Å². The molecule has 1 aromatic carbocycles. The van der Waals surface area contributed by atoms with Gasteiger partial charge in [0.1, 0.15) is 0 Å².